The van der Waals surface area contributed by atoms with E-state index in [0.717, 1.165) is 29.7 Å². The van der Waals surface area contributed by atoms with Gasteiger partial charge in [-0.15, -0.1) is 0 Å². The van der Waals surface area contributed by atoms with Crippen molar-refractivity contribution >= 4 is 28.4 Å². The molecular formula is C29H40N2O8S. The first-order valence-electron chi connectivity index (χ1n) is 13.5. The van der Waals surface area contributed by atoms with Crippen LogP contribution in [0.25, 0.3) is 0 Å². The maximum absolute atomic E-state index is 12.8. The summed E-state index contributed by atoms with van der Waals surface area (Å²) in [7, 11) is -1.78. The standard InChI is InChI=1S/C29H40N2O8S/c1-4-6-14-29(5-2)19-40(37,38)24-15-21(12-13-25(32)31(17-26(33)34)18-27(35)36)23(39-3)16-22(24)28(30-29)20-10-8-7-9-11-20/h7-11,15-16,28,30,37-38H,4-6,12-14,17-19H2,1-3H3,(H,33,34)(H,35,36)/t28-,29-/m1/s1. The van der Waals surface area contributed by atoms with E-state index in [2.05, 4.69) is 12.2 Å². The Kier molecular flexibility index (Phi) is 10.6. The smallest absolute Gasteiger partial charge is 0.323 e. The van der Waals surface area contributed by atoms with Gasteiger partial charge in [0.1, 0.15) is 18.8 Å². The fourth-order valence-electron chi connectivity index (χ4n) is 5.31. The molecule has 0 aromatic heterocycles. The number of unbranched alkanes of at least 4 members (excludes halogenated alkanes) is 1. The van der Waals surface area contributed by atoms with Crippen LogP contribution in [0.5, 0.6) is 5.75 Å². The molecule has 1 amide bonds. The van der Waals surface area contributed by atoms with Crippen LogP contribution in [0, 0.1) is 0 Å². The third-order valence-corrected chi connectivity index (χ3v) is 9.45. The number of carboxylic acid groups (broad SMARTS) is 2. The Morgan fingerprint density at radius 3 is 2.27 bits per heavy atom. The third kappa shape index (κ3) is 7.54. The molecule has 220 valence electrons. The molecule has 0 unspecified atom stereocenters. The lowest BCUT2D eigenvalue weighted by Gasteiger charge is -2.42. The number of benzene rings is 2. The summed E-state index contributed by atoms with van der Waals surface area (Å²) in [5, 5.41) is 22.0. The number of nitrogens with zero attached hydrogens (tertiary/aromatic N) is 1. The highest BCUT2D eigenvalue weighted by molar-refractivity contribution is 8.24. The number of hydrogen-bond donors (Lipinski definition) is 5. The number of carbonyl (C=O) groups excluding carboxylic acids is 1. The molecule has 0 saturated heterocycles. The van der Waals surface area contributed by atoms with Crippen LogP contribution in [0.3, 0.4) is 0 Å². The fraction of sp³-hybridized carbons (Fsp3) is 0.483. The highest BCUT2D eigenvalue weighted by Gasteiger charge is 2.42. The topological polar surface area (TPSA) is 157 Å². The van der Waals surface area contributed by atoms with Crippen LogP contribution in [0.15, 0.2) is 47.4 Å². The lowest BCUT2D eigenvalue weighted by Crippen LogP contribution is -2.49. The molecule has 0 radical (unpaired) electrons. The van der Waals surface area contributed by atoms with Gasteiger partial charge in [0, 0.05) is 17.5 Å². The summed E-state index contributed by atoms with van der Waals surface area (Å²) < 4.78 is 29.0. The Bertz CT molecular complexity index is 1190. The average Bonchev–Trinajstić information content (AvgIpc) is 3.01. The largest absolute Gasteiger partial charge is 0.496 e. The molecule has 1 heterocycles. The summed E-state index contributed by atoms with van der Waals surface area (Å²) in [6.45, 7) is 2.70. The van der Waals surface area contributed by atoms with E-state index < -0.39 is 47.1 Å². The van der Waals surface area contributed by atoms with Crippen LogP contribution in [0.2, 0.25) is 0 Å². The summed E-state index contributed by atoms with van der Waals surface area (Å²) in [6.07, 6.45) is 3.28. The van der Waals surface area contributed by atoms with E-state index in [0.29, 0.717) is 28.2 Å². The number of ether oxygens (including phenoxy) is 1. The molecule has 0 fully saturated rings. The fourth-order valence-corrected chi connectivity index (χ4v) is 7.55. The van der Waals surface area contributed by atoms with Crippen molar-refractivity contribution in [2.45, 2.75) is 68.8 Å². The van der Waals surface area contributed by atoms with Gasteiger partial charge < -0.3 is 19.8 Å². The highest BCUT2D eigenvalue weighted by Crippen LogP contribution is 2.58. The van der Waals surface area contributed by atoms with Gasteiger partial charge in [0.25, 0.3) is 0 Å². The Labute approximate surface area is 236 Å². The summed E-state index contributed by atoms with van der Waals surface area (Å²) in [6, 6.07) is 12.9. The van der Waals surface area contributed by atoms with Gasteiger partial charge >= 0.3 is 11.9 Å². The maximum Gasteiger partial charge on any atom is 0.323 e. The molecule has 0 saturated carbocycles. The SMILES string of the molecule is CCCC[C@]1(CC)CS(O)(O)c2cc(CCC(=O)N(CC(=O)O)CC(=O)O)c(OC)cc2[C@@H](c2ccccc2)N1. The number of methoxy groups -OCH3 is 1. The quantitative estimate of drug-likeness (QED) is 0.227. The predicted molar refractivity (Wildman–Crippen MR) is 153 cm³/mol. The van der Waals surface area contributed by atoms with E-state index in [1.807, 2.05) is 37.3 Å². The van der Waals surface area contributed by atoms with Crippen LogP contribution in [0.4, 0.5) is 0 Å². The zero-order valence-electron chi connectivity index (χ0n) is 23.3. The van der Waals surface area contributed by atoms with Crippen LogP contribution < -0.4 is 10.1 Å². The van der Waals surface area contributed by atoms with E-state index >= 15 is 0 Å². The number of aryl methyl sites for hydroxylation is 1. The van der Waals surface area contributed by atoms with Crippen molar-refractivity contribution in [1.29, 1.82) is 0 Å². The number of amides is 1. The summed E-state index contributed by atoms with van der Waals surface area (Å²) in [5.41, 5.74) is 1.68. The van der Waals surface area contributed by atoms with Crippen LogP contribution in [-0.2, 0) is 20.8 Å². The molecule has 3 rings (SSSR count). The second kappa shape index (κ2) is 13.5. The molecule has 2 aromatic rings. The number of rotatable bonds is 13. The van der Waals surface area contributed by atoms with E-state index in [9.17, 15) is 23.5 Å². The Morgan fingerprint density at radius 1 is 1.07 bits per heavy atom. The van der Waals surface area contributed by atoms with Crippen molar-refractivity contribution in [2.24, 2.45) is 0 Å². The molecule has 10 nitrogen and oxygen atoms in total. The van der Waals surface area contributed by atoms with Crippen molar-refractivity contribution in [3.8, 4) is 5.75 Å². The molecule has 1 aliphatic heterocycles. The average molecular weight is 577 g/mol. The Morgan fingerprint density at radius 2 is 1.73 bits per heavy atom. The zero-order chi connectivity index (χ0) is 29.5. The van der Waals surface area contributed by atoms with E-state index in [4.69, 9.17) is 14.9 Å². The molecule has 11 heteroatoms. The highest BCUT2D eigenvalue weighted by atomic mass is 32.3. The van der Waals surface area contributed by atoms with Crippen molar-refractivity contribution in [3.63, 3.8) is 0 Å². The molecular weight excluding hydrogens is 536 g/mol. The number of carbonyl (C=O) groups is 3. The van der Waals surface area contributed by atoms with Gasteiger partial charge in [-0.1, -0.05) is 57.0 Å². The van der Waals surface area contributed by atoms with Gasteiger partial charge in [0.2, 0.25) is 5.91 Å². The minimum absolute atomic E-state index is 0.0960. The maximum atomic E-state index is 12.8. The second-order valence-corrected chi connectivity index (χ2v) is 12.3. The van der Waals surface area contributed by atoms with Gasteiger partial charge in [0.15, 0.2) is 0 Å². The van der Waals surface area contributed by atoms with Crippen LogP contribution in [0.1, 0.15) is 68.7 Å². The first kappa shape index (κ1) is 31.4. The first-order valence-corrected chi connectivity index (χ1v) is 15.2. The van der Waals surface area contributed by atoms with Crippen LogP contribution in [-0.4, -0.2) is 73.6 Å². The summed E-state index contributed by atoms with van der Waals surface area (Å²) in [4.78, 5) is 36.3. The van der Waals surface area contributed by atoms with Crippen LogP contribution >= 0.6 is 10.6 Å². The van der Waals surface area contributed by atoms with Gasteiger partial charge in [-0.05, 0) is 42.5 Å². The number of hydrogen-bond acceptors (Lipinski definition) is 7. The molecule has 0 aliphatic carbocycles. The molecule has 0 spiro atoms. The number of carboxylic acids is 2. The summed E-state index contributed by atoms with van der Waals surface area (Å²) in [5.74, 6) is -2.67. The minimum Gasteiger partial charge on any atom is -0.496 e. The first-order chi connectivity index (χ1) is 18.9. The molecule has 1 aliphatic rings. The van der Waals surface area contributed by atoms with Gasteiger partial charge in [-0.2, -0.15) is 10.6 Å². The molecule has 5 N–H and O–H groups in total. The van der Waals surface area contributed by atoms with E-state index in [-0.39, 0.29) is 24.6 Å². The van der Waals surface area contributed by atoms with Gasteiger partial charge in [-0.25, -0.2) is 0 Å². The number of nitrogens with one attached hydrogen (secondary N) is 1. The normalized spacial score (nSPS) is 20.6. The van der Waals surface area contributed by atoms with Gasteiger partial charge in [0.05, 0.1) is 23.8 Å². The summed E-state index contributed by atoms with van der Waals surface area (Å²) >= 11 is 0. The van der Waals surface area contributed by atoms with Crippen molar-refractivity contribution in [2.75, 3.05) is 26.0 Å². The van der Waals surface area contributed by atoms with E-state index in [1.165, 1.54) is 7.11 Å². The second-order valence-electron chi connectivity index (χ2n) is 10.3. The molecule has 2 atom stereocenters. The van der Waals surface area contributed by atoms with Crippen molar-refractivity contribution < 1.29 is 38.4 Å². The van der Waals surface area contributed by atoms with Gasteiger partial charge in [-0.3, -0.25) is 28.8 Å². The molecule has 2 aromatic carbocycles. The lowest BCUT2D eigenvalue weighted by atomic mass is 9.87. The monoisotopic (exact) mass is 576 g/mol. The minimum atomic E-state index is -3.27. The lowest BCUT2D eigenvalue weighted by molar-refractivity contribution is -0.149. The predicted octanol–water partition coefficient (Wildman–Crippen LogP) is 4.77. The third-order valence-electron chi connectivity index (χ3n) is 7.44. The molecule has 40 heavy (non-hydrogen) atoms. The van der Waals surface area contributed by atoms with Crippen molar-refractivity contribution in [1.82, 2.24) is 10.2 Å². The Balaban J connectivity index is 2.06. The Hall–Kier alpha value is -3.12. The van der Waals surface area contributed by atoms with Crippen molar-refractivity contribution in [3.05, 3.63) is 59.2 Å². The van der Waals surface area contributed by atoms with E-state index in [1.54, 1.807) is 12.1 Å². The zero-order valence-corrected chi connectivity index (χ0v) is 24.1. The molecule has 0 bridgehead atoms. The number of fused-ring (bicyclic) bond motifs is 1. The number of aliphatic carboxylic acids is 2.